The molecule has 0 saturated carbocycles. The third-order valence-corrected chi connectivity index (χ3v) is 23.7. The number of thiophene rings is 3. The van der Waals surface area contributed by atoms with Gasteiger partial charge in [-0.25, -0.2) is 29.9 Å². The number of hydrogen-bond donors (Lipinski definition) is 0. The molecule has 0 unspecified atom stereocenters. The van der Waals surface area contributed by atoms with Crippen molar-refractivity contribution >= 4 is 160 Å². The monoisotopic (exact) mass is 1360 g/mol. The summed E-state index contributed by atoms with van der Waals surface area (Å²) in [7, 11) is 0. The van der Waals surface area contributed by atoms with E-state index in [2.05, 4.69) is 231 Å². The van der Waals surface area contributed by atoms with E-state index >= 15 is 0 Å². The van der Waals surface area contributed by atoms with Crippen molar-refractivity contribution in [3.63, 3.8) is 0 Å². The fourth-order valence-corrected chi connectivity index (χ4v) is 19.1. The van der Waals surface area contributed by atoms with E-state index in [1.165, 1.54) is 45.9 Å². The van der Waals surface area contributed by atoms with E-state index in [4.69, 9.17) is 43.2 Å². The summed E-state index contributed by atoms with van der Waals surface area (Å²) in [6.07, 6.45) is 0. The third-order valence-electron chi connectivity index (χ3n) is 20.1. The lowest BCUT2D eigenvalue weighted by atomic mass is 9.95. The molecule has 8 aromatic heterocycles. The van der Waals surface area contributed by atoms with Crippen LogP contribution in [0.15, 0.2) is 304 Å². The number of benzene rings is 14. The molecule has 0 atom stereocenters. The van der Waals surface area contributed by atoms with Crippen LogP contribution in [0.3, 0.4) is 0 Å². The summed E-state index contributed by atoms with van der Waals surface area (Å²) in [5.74, 6) is 3.23. The van der Waals surface area contributed by atoms with E-state index in [0.29, 0.717) is 40.5 Å². The first kappa shape index (κ1) is 57.1. The van der Waals surface area contributed by atoms with E-state index in [-0.39, 0.29) is 0 Å². The van der Waals surface area contributed by atoms with Crippen LogP contribution in [0, 0.1) is 0 Å². The summed E-state index contributed by atoms with van der Waals surface area (Å²) in [6.45, 7) is 0. The van der Waals surface area contributed by atoms with Gasteiger partial charge in [-0.1, -0.05) is 224 Å². The standard InChI is InChI=1S/C90H48N6O3S3/c1-3-18-49(19-4-1)85-91-87(53-40-43-57-61-26-14-27-62(80(61)99-74(57)48-53)66-31-15-29-64-59-23-9-12-36-76(59)101-83(64)66)95-89(93-85)69-33-17-37-77-78(69)68-32-16-30-65(84(68)102-77)60-44-45-70(81-79(60)67-24-7-10-34-71(67)98-81)90-94-86(50-20-5-2-6-21-50)92-88(96-90)52-39-42-56-55-41-38-51(46-72(55)97-73(56)47-52)54-25-13-28-63-58-22-8-11-35-75(58)100-82(54)63/h1-48H. The number of nitrogens with zero attached hydrogens (tertiary/aromatic N) is 6. The molecule has 0 saturated heterocycles. The zero-order valence-electron chi connectivity index (χ0n) is 53.8. The molecule has 0 radical (unpaired) electrons. The second-order valence-electron chi connectivity index (χ2n) is 25.9. The number of furan rings is 3. The van der Waals surface area contributed by atoms with Crippen molar-refractivity contribution in [1.82, 2.24) is 29.9 Å². The Labute approximate surface area is 592 Å². The Bertz CT molecular complexity index is 7290. The summed E-state index contributed by atoms with van der Waals surface area (Å²) >= 11 is 5.42. The maximum atomic E-state index is 7.05. The molecular formula is C90H48N6O3S3. The van der Waals surface area contributed by atoms with Crippen LogP contribution in [0.25, 0.3) is 228 Å². The molecule has 0 spiro atoms. The molecule has 22 aromatic rings. The predicted molar refractivity (Wildman–Crippen MR) is 423 cm³/mol. The predicted octanol–water partition coefficient (Wildman–Crippen LogP) is 25.9. The van der Waals surface area contributed by atoms with E-state index in [1.54, 1.807) is 11.3 Å². The van der Waals surface area contributed by atoms with Gasteiger partial charge in [0.25, 0.3) is 0 Å². The SMILES string of the molecule is c1ccc(-c2nc(-c3ccc4c(c3)oc3cc(-c5cccc6c5sc5ccccc56)ccc34)nc(-c3ccc(-c4cccc5c4sc4cccc(-c6nc(-c7ccccc7)nc(-c7ccc8c(c7)oc7c(-c9cccc%10c9sc9ccccc9%10)cccc78)n6)c45)c4c3oc3ccccc34)n2)cc1. The van der Waals surface area contributed by atoms with Gasteiger partial charge in [0, 0.05) is 137 Å². The maximum Gasteiger partial charge on any atom is 0.167 e. The molecule has 474 valence electrons. The summed E-state index contributed by atoms with van der Waals surface area (Å²) in [4.78, 5) is 31.8. The number of para-hydroxylation sites is 2. The Morgan fingerprint density at radius 3 is 1.26 bits per heavy atom. The van der Waals surface area contributed by atoms with Gasteiger partial charge < -0.3 is 13.3 Å². The van der Waals surface area contributed by atoms with Gasteiger partial charge in [0.15, 0.2) is 34.9 Å². The Kier molecular flexibility index (Phi) is 12.5. The summed E-state index contributed by atoms with van der Waals surface area (Å²) < 4.78 is 28.1. The van der Waals surface area contributed by atoms with Crippen LogP contribution >= 0.6 is 34.0 Å². The van der Waals surface area contributed by atoms with Crippen LogP contribution in [0.2, 0.25) is 0 Å². The van der Waals surface area contributed by atoms with Crippen LogP contribution in [-0.4, -0.2) is 29.9 Å². The minimum Gasteiger partial charge on any atom is -0.456 e. The fraction of sp³-hybridized carbons (Fsp3) is 0. The van der Waals surface area contributed by atoms with Crippen molar-refractivity contribution in [2.24, 2.45) is 0 Å². The van der Waals surface area contributed by atoms with Crippen LogP contribution in [0.5, 0.6) is 0 Å². The molecule has 0 N–H and O–H groups in total. The molecule has 0 aliphatic rings. The average Bonchev–Trinajstić information content (AvgIpc) is 1.54. The number of aromatic nitrogens is 6. The largest absolute Gasteiger partial charge is 0.456 e. The topological polar surface area (TPSA) is 117 Å². The van der Waals surface area contributed by atoms with Gasteiger partial charge >= 0.3 is 0 Å². The van der Waals surface area contributed by atoms with Crippen molar-refractivity contribution in [3.05, 3.63) is 291 Å². The lowest BCUT2D eigenvalue weighted by Gasteiger charge is -2.11. The Morgan fingerprint density at radius 1 is 0.196 bits per heavy atom. The molecule has 12 heteroatoms. The molecule has 0 aliphatic heterocycles. The van der Waals surface area contributed by atoms with Crippen molar-refractivity contribution in [2.45, 2.75) is 0 Å². The first-order valence-electron chi connectivity index (χ1n) is 33.8. The number of hydrogen-bond acceptors (Lipinski definition) is 12. The number of fused-ring (bicyclic) bond motifs is 18. The summed E-state index contributed by atoms with van der Waals surface area (Å²) in [6, 6.07) is 102. The van der Waals surface area contributed by atoms with Gasteiger partial charge in [-0.2, -0.15) is 0 Å². The molecule has 8 heterocycles. The smallest absolute Gasteiger partial charge is 0.167 e. The van der Waals surface area contributed by atoms with E-state index in [0.717, 1.165) is 142 Å². The summed E-state index contributed by atoms with van der Waals surface area (Å²) in [5, 5.41) is 13.3. The first-order chi connectivity index (χ1) is 50.5. The van der Waals surface area contributed by atoms with Crippen LogP contribution in [0.1, 0.15) is 0 Å². The van der Waals surface area contributed by atoms with Gasteiger partial charge in [-0.15, -0.1) is 34.0 Å². The van der Waals surface area contributed by atoms with Crippen molar-refractivity contribution in [3.8, 4) is 102 Å². The molecule has 0 amide bonds. The zero-order chi connectivity index (χ0) is 66.7. The molecule has 102 heavy (non-hydrogen) atoms. The molecule has 0 aliphatic carbocycles. The Hall–Kier alpha value is -12.8. The zero-order valence-corrected chi connectivity index (χ0v) is 56.3. The molecule has 0 fully saturated rings. The highest BCUT2D eigenvalue weighted by Gasteiger charge is 2.26. The summed E-state index contributed by atoms with van der Waals surface area (Å²) in [5.41, 5.74) is 16.2. The lowest BCUT2D eigenvalue weighted by Crippen LogP contribution is -2.00. The second-order valence-corrected chi connectivity index (χ2v) is 29.0. The van der Waals surface area contributed by atoms with E-state index in [9.17, 15) is 0 Å². The normalized spacial score (nSPS) is 12.1. The van der Waals surface area contributed by atoms with Gasteiger partial charge in [0.1, 0.15) is 33.5 Å². The molecule has 22 rings (SSSR count). The quantitative estimate of drug-likeness (QED) is 0.139. The molecule has 9 nitrogen and oxygen atoms in total. The van der Waals surface area contributed by atoms with Gasteiger partial charge in [-0.3, -0.25) is 0 Å². The molecule has 0 bridgehead atoms. The van der Waals surface area contributed by atoms with Crippen molar-refractivity contribution < 1.29 is 13.3 Å². The van der Waals surface area contributed by atoms with Crippen molar-refractivity contribution in [1.29, 1.82) is 0 Å². The highest BCUT2D eigenvalue weighted by molar-refractivity contribution is 7.27. The van der Waals surface area contributed by atoms with E-state index in [1.807, 2.05) is 83.3 Å². The van der Waals surface area contributed by atoms with Crippen molar-refractivity contribution in [2.75, 3.05) is 0 Å². The second kappa shape index (κ2) is 22.3. The minimum absolute atomic E-state index is 0.485. The van der Waals surface area contributed by atoms with Gasteiger partial charge in [0.05, 0.1) is 5.56 Å². The Balaban J connectivity index is 0.662. The van der Waals surface area contributed by atoms with Crippen LogP contribution in [0.4, 0.5) is 0 Å². The van der Waals surface area contributed by atoms with Gasteiger partial charge in [0.2, 0.25) is 0 Å². The molecular weight excluding hydrogens is 1310 g/mol. The average molecular weight is 1360 g/mol. The first-order valence-corrected chi connectivity index (χ1v) is 36.2. The minimum atomic E-state index is 0.485. The third kappa shape index (κ3) is 8.87. The Morgan fingerprint density at radius 2 is 0.608 bits per heavy atom. The lowest BCUT2D eigenvalue weighted by molar-refractivity contribution is 0.668. The molecule has 14 aromatic carbocycles. The highest BCUT2D eigenvalue weighted by Crippen LogP contribution is 2.50. The van der Waals surface area contributed by atoms with Gasteiger partial charge in [-0.05, 0) is 83.4 Å². The van der Waals surface area contributed by atoms with Crippen LogP contribution in [-0.2, 0) is 0 Å². The van der Waals surface area contributed by atoms with Crippen LogP contribution < -0.4 is 0 Å². The number of rotatable bonds is 9. The highest BCUT2D eigenvalue weighted by atomic mass is 32.1. The fourth-order valence-electron chi connectivity index (χ4n) is 15.3. The van der Waals surface area contributed by atoms with E-state index < -0.39 is 0 Å². The maximum absolute atomic E-state index is 7.05.